The summed E-state index contributed by atoms with van der Waals surface area (Å²) in [7, 11) is 1.54. The first kappa shape index (κ1) is 16.9. The summed E-state index contributed by atoms with van der Waals surface area (Å²) < 4.78 is 1.80. The van der Waals surface area contributed by atoms with Crippen LogP contribution in [0.2, 0.25) is 0 Å². The maximum atomic E-state index is 12.5. The molecule has 1 aliphatic heterocycles. The van der Waals surface area contributed by atoms with Gasteiger partial charge in [-0.25, -0.2) is 4.68 Å². The van der Waals surface area contributed by atoms with Gasteiger partial charge in [-0.2, -0.15) is 0 Å². The summed E-state index contributed by atoms with van der Waals surface area (Å²) in [6.07, 6.45) is 3.34. The van der Waals surface area contributed by atoms with Crippen LogP contribution in [0.5, 0.6) is 0 Å². The number of amides is 2. The molecule has 3 heterocycles. The highest BCUT2D eigenvalue weighted by Crippen LogP contribution is 2.24. The van der Waals surface area contributed by atoms with Crippen LogP contribution >= 0.6 is 0 Å². The maximum Gasteiger partial charge on any atom is 0.269 e. The number of nitrogens with zero attached hydrogens (tertiary/aromatic N) is 5. The van der Waals surface area contributed by atoms with Crippen LogP contribution in [-0.4, -0.2) is 56.8 Å². The summed E-state index contributed by atoms with van der Waals surface area (Å²) in [6.45, 7) is 1.13. The minimum Gasteiger partial charge on any atom is -0.354 e. The Morgan fingerprint density at radius 1 is 1.11 bits per heavy atom. The predicted molar refractivity (Wildman–Crippen MR) is 98.0 cm³/mol. The number of pyridine rings is 1. The van der Waals surface area contributed by atoms with E-state index in [2.05, 4.69) is 20.6 Å². The third-order valence-electron chi connectivity index (χ3n) is 4.57. The average Bonchev–Trinajstić information content (AvgIpc) is 3.16. The number of hydrogen-bond acceptors (Lipinski definition) is 5. The molecule has 0 bridgehead atoms. The van der Waals surface area contributed by atoms with E-state index in [1.807, 2.05) is 36.5 Å². The molecule has 0 aliphatic carbocycles. The maximum absolute atomic E-state index is 12.5. The van der Waals surface area contributed by atoms with Crippen LogP contribution in [0.3, 0.4) is 0 Å². The molecule has 8 heteroatoms. The molecule has 0 spiro atoms. The fourth-order valence-corrected chi connectivity index (χ4v) is 2.95. The van der Waals surface area contributed by atoms with Crippen molar-refractivity contribution in [3.63, 3.8) is 0 Å². The second kappa shape index (κ2) is 6.99. The van der Waals surface area contributed by atoms with Gasteiger partial charge in [-0.1, -0.05) is 35.5 Å². The third-order valence-corrected chi connectivity index (χ3v) is 4.57. The zero-order chi connectivity index (χ0) is 18.8. The highest BCUT2D eigenvalue weighted by atomic mass is 16.2. The number of benzene rings is 1. The zero-order valence-corrected chi connectivity index (χ0v) is 14.7. The van der Waals surface area contributed by atoms with E-state index in [0.29, 0.717) is 18.7 Å². The first-order chi connectivity index (χ1) is 13.2. The quantitative estimate of drug-likeness (QED) is 0.757. The molecule has 27 heavy (non-hydrogen) atoms. The highest BCUT2D eigenvalue weighted by Gasteiger charge is 2.33. The average molecular weight is 362 g/mol. The molecule has 0 atom stereocenters. The second-order valence-electron chi connectivity index (χ2n) is 6.33. The lowest BCUT2D eigenvalue weighted by Crippen LogP contribution is -2.50. The van der Waals surface area contributed by atoms with Gasteiger partial charge < -0.3 is 10.2 Å². The Morgan fingerprint density at radius 2 is 1.89 bits per heavy atom. The van der Waals surface area contributed by atoms with Crippen molar-refractivity contribution in [2.45, 2.75) is 6.04 Å². The van der Waals surface area contributed by atoms with E-state index in [1.165, 1.54) is 13.2 Å². The second-order valence-corrected chi connectivity index (χ2v) is 6.33. The molecule has 1 aliphatic rings. The van der Waals surface area contributed by atoms with Gasteiger partial charge in [0.25, 0.3) is 11.8 Å². The minimum absolute atomic E-state index is 0.106. The van der Waals surface area contributed by atoms with E-state index in [0.717, 1.165) is 11.3 Å². The van der Waals surface area contributed by atoms with E-state index >= 15 is 0 Å². The molecule has 4 rings (SSSR count). The summed E-state index contributed by atoms with van der Waals surface area (Å²) in [5.41, 5.74) is 2.57. The van der Waals surface area contributed by atoms with E-state index in [4.69, 9.17) is 0 Å². The summed E-state index contributed by atoms with van der Waals surface area (Å²) in [5.74, 6) is -0.385. The Balaban J connectivity index is 1.39. The van der Waals surface area contributed by atoms with Gasteiger partial charge in [0.1, 0.15) is 11.4 Å². The largest absolute Gasteiger partial charge is 0.354 e. The van der Waals surface area contributed by atoms with Crippen molar-refractivity contribution in [3.8, 4) is 11.3 Å². The smallest absolute Gasteiger partial charge is 0.269 e. The monoisotopic (exact) mass is 362 g/mol. The SMILES string of the molecule is CNC(=O)c1ccc(C(=O)N2CC(n3cc(-c4ccccc4)nn3)C2)cn1. The van der Waals surface area contributed by atoms with Crippen molar-refractivity contribution in [2.75, 3.05) is 20.1 Å². The van der Waals surface area contributed by atoms with Crippen molar-refractivity contribution in [3.05, 3.63) is 66.1 Å². The van der Waals surface area contributed by atoms with E-state index in [-0.39, 0.29) is 23.6 Å². The van der Waals surface area contributed by atoms with Crippen LogP contribution in [-0.2, 0) is 0 Å². The van der Waals surface area contributed by atoms with Gasteiger partial charge in [-0.3, -0.25) is 14.6 Å². The molecule has 1 fully saturated rings. The third kappa shape index (κ3) is 3.29. The fourth-order valence-electron chi connectivity index (χ4n) is 2.95. The van der Waals surface area contributed by atoms with Crippen LogP contribution in [0.25, 0.3) is 11.3 Å². The Morgan fingerprint density at radius 3 is 2.56 bits per heavy atom. The van der Waals surface area contributed by atoms with Gasteiger partial charge in [0.2, 0.25) is 0 Å². The number of carbonyl (C=O) groups is 2. The van der Waals surface area contributed by atoms with E-state index < -0.39 is 0 Å². The molecule has 0 unspecified atom stereocenters. The minimum atomic E-state index is -0.279. The van der Waals surface area contributed by atoms with Crippen molar-refractivity contribution >= 4 is 11.8 Å². The first-order valence-corrected chi connectivity index (χ1v) is 8.60. The zero-order valence-electron chi connectivity index (χ0n) is 14.7. The van der Waals surface area contributed by atoms with E-state index in [1.54, 1.807) is 21.7 Å². The Kier molecular flexibility index (Phi) is 4.37. The van der Waals surface area contributed by atoms with Gasteiger partial charge in [-0.15, -0.1) is 5.10 Å². The lowest BCUT2D eigenvalue weighted by atomic mass is 10.1. The lowest BCUT2D eigenvalue weighted by molar-refractivity contribution is 0.0497. The summed E-state index contributed by atoms with van der Waals surface area (Å²) in [5, 5.41) is 10.9. The molecule has 0 saturated carbocycles. The molecule has 3 aromatic rings. The molecular formula is C19H18N6O2. The number of nitrogens with one attached hydrogen (secondary N) is 1. The standard InChI is InChI=1S/C19H18N6O2/c1-20-18(26)16-8-7-14(9-21-16)19(27)24-10-15(11-24)25-12-17(22-23-25)13-5-3-2-4-6-13/h2-9,12,15H,10-11H2,1H3,(H,20,26). The number of carbonyl (C=O) groups excluding carboxylic acids is 2. The molecular weight excluding hydrogens is 344 g/mol. The van der Waals surface area contributed by atoms with Crippen molar-refractivity contribution in [2.24, 2.45) is 0 Å². The van der Waals surface area contributed by atoms with Gasteiger partial charge in [-0.05, 0) is 12.1 Å². The van der Waals surface area contributed by atoms with Crippen LogP contribution in [0.1, 0.15) is 26.9 Å². The molecule has 8 nitrogen and oxygen atoms in total. The normalized spacial score (nSPS) is 13.9. The topological polar surface area (TPSA) is 93.0 Å². The van der Waals surface area contributed by atoms with Crippen LogP contribution in [0.15, 0.2) is 54.9 Å². The van der Waals surface area contributed by atoms with Crippen molar-refractivity contribution < 1.29 is 9.59 Å². The van der Waals surface area contributed by atoms with Crippen LogP contribution in [0, 0.1) is 0 Å². The van der Waals surface area contributed by atoms with Gasteiger partial charge in [0.15, 0.2) is 0 Å². The Bertz CT molecular complexity index is 961. The molecule has 1 aromatic carbocycles. The predicted octanol–water partition coefficient (Wildman–Crippen LogP) is 1.40. The molecule has 136 valence electrons. The molecule has 0 radical (unpaired) electrons. The first-order valence-electron chi connectivity index (χ1n) is 8.60. The van der Waals surface area contributed by atoms with E-state index in [9.17, 15) is 9.59 Å². The van der Waals surface area contributed by atoms with Crippen LogP contribution in [0.4, 0.5) is 0 Å². The number of rotatable bonds is 4. The molecule has 2 amide bonds. The van der Waals surface area contributed by atoms with Gasteiger partial charge in [0, 0.05) is 31.9 Å². The fraction of sp³-hybridized carbons (Fsp3) is 0.211. The summed E-state index contributed by atoms with van der Waals surface area (Å²) in [6, 6.07) is 13.1. The summed E-state index contributed by atoms with van der Waals surface area (Å²) >= 11 is 0. The molecule has 2 aromatic heterocycles. The van der Waals surface area contributed by atoms with Crippen molar-refractivity contribution in [1.82, 2.24) is 30.2 Å². The lowest BCUT2D eigenvalue weighted by Gasteiger charge is -2.38. The van der Waals surface area contributed by atoms with Crippen LogP contribution < -0.4 is 5.32 Å². The molecule has 1 saturated heterocycles. The number of hydrogen-bond donors (Lipinski definition) is 1. The van der Waals surface area contributed by atoms with Gasteiger partial charge >= 0.3 is 0 Å². The van der Waals surface area contributed by atoms with Crippen molar-refractivity contribution in [1.29, 1.82) is 0 Å². The number of likely N-dealkylation sites (tertiary alicyclic amines) is 1. The highest BCUT2D eigenvalue weighted by molar-refractivity contribution is 5.96. The van der Waals surface area contributed by atoms with Gasteiger partial charge in [0.05, 0.1) is 17.8 Å². The Hall–Kier alpha value is -3.55. The molecule has 1 N–H and O–H groups in total. The summed E-state index contributed by atoms with van der Waals surface area (Å²) in [4.78, 5) is 29.8. The Labute approximate surface area is 155 Å². The number of aromatic nitrogens is 4.